The lowest BCUT2D eigenvalue weighted by atomic mass is 10.1. The van der Waals surface area contributed by atoms with Gasteiger partial charge in [-0.2, -0.15) is 5.10 Å². The van der Waals surface area contributed by atoms with Crippen molar-refractivity contribution < 1.29 is 4.84 Å². The van der Waals surface area contributed by atoms with Gasteiger partial charge >= 0.3 is 0 Å². The topological polar surface area (TPSA) is 63.9 Å². The van der Waals surface area contributed by atoms with Gasteiger partial charge in [-0.1, -0.05) is 23.7 Å². The fourth-order valence-corrected chi connectivity index (χ4v) is 1.47. The Morgan fingerprint density at radius 3 is 3.15 bits per heavy atom. The predicted molar refractivity (Wildman–Crippen MR) is 50.1 cm³/mol. The molecule has 2 aromatic rings. The summed E-state index contributed by atoms with van der Waals surface area (Å²) in [6.07, 6.45) is 0. The van der Waals surface area contributed by atoms with Crippen molar-refractivity contribution in [1.29, 1.82) is 0 Å². The van der Waals surface area contributed by atoms with Gasteiger partial charge < -0.3 is 0 Å². The lowest BCUT2D eigenvalue weighted by molar-refractivity contribution is 0.125. The molecule has 0 amide bonds. The van der Waals surface area contributed by atoms with Gasteiger partial charge in [-0.25, -0.2) is 5.90 Å². The number of fused-ring (bicyclic) bond motifs is 1. The van der Waals surface area contributed by atoms with Gasteiger partial charge in [0.15, 0.2) is 0 Å². The minimum atomic E-state index is 0.332. The molecule has 0 aliphatic rings. The van der Waals surface area contributed by atoms with Crippen LogP contribution < -0.4 is 5.90 Å². The third-order valence-electron chi connectivity index (χ3n) is 1.86. The van der Waals surface area contributed by atoms with Gasteiger partial charge in [-0.3, -0.25) is 9.94 Å². The standard InChI is InChI=1S/C8H8ClN3O/c9-8-6-3-1-2-5(4-13-10)7(6)11-12-8/h1-3H,4,10H2,(H,11,12). The number of para-hydroxylation sites is 1. The van der Waals surface area contributed by atoms with Crippen LogP contribution in [0.5, 0.6) is 0 Å². The summed E-state index contributed by atoms with van der Waals surface area (Å²) in [7, 11) is 0. The van der Waals surface area contributed by atoms with Gasteiger partial charge in [-0.05, 0) is 6.07 Å². The highest BCUT2D eigenvalue weighted by atomic mass is 35.5. The first-order valence-corrected chi connectivity index (χ1v) is 4.14. The first kappa shape index (κ1) is 8.50. The van der Waals surface area contributed by atoms with E-state index in [0.29, 0.717) is 11.8 Å². The lowest BCUT2D eigenvalue weighted by Gasteiger charge is -1.98. The van der Waals surface area contributed by atoms with Gasteiger partial charge in [0.05, 0.1) is 12.1 Å². The smallest absolute Gasteiger partial charge is 0.132 e. The van der Waals surface area contributed by atoms with Gasteiger partial charge in [0, 0.05) is 10.9 Å². The molecule has 0 unspecified atom stereocenters. The fraction of sp³-hybridized carbons (Fsp3) is 0.125. The Morgan fingerprint density at radius 2 is 2.38 bits per heavy atom. The van der Waals surface area contributed by atoms with E-state index in [4.69, 9.17) is 17.5 Å². The van der Waals surface area contributed by atoms with E-state index >= 15 is 0 Å². The largest absolute Gasteiger partial charge is 0.300 e. The van der Waals surface area contributed by atoms with E-state index in [2.05, 4.69) is 15.0 Å². The summed E-state index contributed by atoms with van der Waals surface area (Å²) < 4.78 is 0. The third kappa shape index (κ3) is 1.39. The molecule has 0 saturated carbocycles. The highest BCUT2D eigenvalue weighted by molar-refractivity contribution is 6.34. The molecule has 0 aliphatic carbocycles. The molecule has 0 aliphatic heterocycles. The Hall–Kier alpha value is -1.10. The number of nitrogens with two attached hydrogens (primary N) is 1. The molecule has 0 spiro atoms. The van der Waals surface area contributed by atoms with E-state index in [1.165, 1.54) is 0 Å². The summed E-state index contributed by atoms with van der Waals surface area (Å²) in [4.78, 5) is 4.55. The monoisotopic (exact) mass is 197 g/mol. The minimum absolute atomic E-state index is 0.332. The molecule has 4 nitrogen and oxygen atoms in total. The molecule has 0 radical (unpaired) electrons. The van der Waals surface area contributed by atoms with Crippen LogP contribution in [0.3, 0.4) is 0 Å². The highest BCUT2D eigenvalue weighted by Gasteiger charge is 2.06. The van der Waals surface area contributed by atoms with Crippen molar-refractivity contribution in [3.05, 3.63) is 28.9 Å². The Morgan fingerprint density at radius 1 is 1.54 bits per heavy atom. The van der Waals surface area contributed by atoms with Gasteiger partial charge in [0.2, 0.25) is 0 Å². The summed E-state index contributed by atoms with van der Waals surface area (Å²) >= 11 is 5.85. The molecule has 1 heterocycles. The second-order valence-electron chi connectivity index (χ2n) is 2.66. The minimum Gasteiger partial charge on any atom is -0.300 e. The average Bonchev–Trinajstić information content (AvgIpc) is 2.50. The fourth-order valence-electron chi connectivity index (χ4n) is 1.27. The Balaban J connectivity index is 2.63. The van der Waals surface area contributed by atoms with Gasteiger partial charge in [-0.15, -0.1) is 0 Å². The summed E-state index contributed by atoms with van der Waals surface area (Å²) in [5.74, 6) is 4.99. The molecule has 0 fully saturated rings. The van der Waals surface area contributed by atoms with Crippen LogP contribution in [0.2, 0.25) is 5.15 Å². The molecule has 1 aromatic heterocycles. The second-order valence-corrected chi connectivity index (χ2v) is 3.04. The molecule has 13 heavy (non-hydrogen) atoms. The Bertz CT molecular complexity index is 426. The lowest BCUT2D eigenvalue weighted by Crippen LogP contribution is -1.99. The van der Waals surface area contributed by atoms with Crippen LogP contribution in [0.25, 0.3) is 10.9 Å². The zero-order chi connectivity index (χ0) is 9.26. The normalized spacial score (nSPS) is 10.9. The zero-order valence-corrected chi connectivity index (χ0v) is 7.51. The van der Waals surface area contributed by atoms with E-state index in [9.17, 15) is 0 Å². The van der Waals surface area contributed by atoms with Gasteiger partial charge in [0.25, 0.3) is 0 Å². The summed E-state index contributed by atoms with van der Waals surface area (Å²) in [6.45, 7) is 0.332. The van der Waals surface area contributed by atoms with Crippen LogP contribution in [0.4, 0.5) is 0 Å². The van der Waals surface area contributed by atoms with E-state index in [-0.39, 0.29) is 0 Å². The molecule has 68 valence electrons. The van der Waals surface area contributed by atoms with Crippen LogP contribution in [0, 0.1) is 0 Å². The molecule has 5 heteroatoms. The Labute approximate surface area is 79.6 Å². The number of benzene rings is 1. The van der Waals surface area contributed by atoms with E-state index in [1.807, 2.05) is 18.2 Å². The first-order valence-electron chi connectivity index (χ1n) is 3.76. The number of aromatic amines is 1. The Kier molecular flexibility index (Phi) is 2.18. The van der Waals surface area contributed by atoms with Crippen molar-refractivity contribution >= 4 is 22.5 Å². The maximum absolute atomic E-state index is 5.85. The van der Waals surface area contributed by atoms with E-state index in [0.717, 1.165) is 16.5 Å². The zero-order valence-electron chi connectivity index (χ0n) is 6.75. The first-order chi connectivity index (χ1) is 6.33. The van der Waals surface area contributed by atoms with Crippen molar-refractivity contribution in [3.8, 4) is 0 Å². The summed E-state index contributed by atoms with van der Waals surface area (Å²) in [5, 5.41) is 8.16. The summed E-state index contributed by atoms with van der Waals surface area (Å²) in [5.41, 5.74) is 1.72. The predicted octanol–water partition coefficient (Wildman–Crippen LogP) is 1.61. The molecule has 2 rings (SSSR count). The number of H-pyrrole nitrogens is 1. The molecular weight excluding hydrogens is 190 g/mol. The van der Waals surface area contributed by atoms with Crippen molar-refractivity contribution in [2.75, 3.05) is 0 Å². The van der Waals surface area contributed by atoms with Crippen LogP contribution in [-0.4, -0.2) is 10.2 Å². The number of halogens is 1. The van der Waals surface area contributed by atoms with Crippen LogP contribution >= 0.6 is 11.6 Å². The van der Waals surface area contributed by atoms with Crippen LogP contribution in [0.15, 0.2) is 18.2 Å². The maximum atomic E-state index is 5.85. The number of hydrogen-bond acceptors (Lipinski definition) is 3. The van der Waals surface area contributed by atoms with Gasteiger partial charge in [0.1, 0.15) is 5.15 Å². The number of aromatic nitrogens is 2. The molecule has 1 aromatic carbocycles. The van der Waals surface area contributed by atoms with E-state index in [1.54, 1.807) is 0 Å². The maximum Gasteiger partial charge on any atom is 0.132 e. The quantitative estimate of drug-likeness (QED) is 0.719. The van der Waals surface area contributed by atoms with Crippen molar-refractivity contribution in [2.24, 2.45) is 5.90 Å². The average molecular weight is 198 g/mol. The molecular formula is C8H8ClN3O. The number of nitrogens with one attached hydrogen (secondary N) is 1. The molecule has 3 N–H and O–H groups in total. The molecule has 0 bridgehead atoms. The van der Waals surface area contributed by atoms with Crippen molar-refractivity contribution in [1.82, 2.24) is 10.2 Å². The second kappa shape index (κ2) is 3.33. The third-order valence-corrected chi connectivity index (χ3v) is 2.15. The number of nitrogens with zero attached hydrogens (tertiary/aromatic N) is 1. The van der Waals surface area contributed by atoms with Crippen LogP contribution in [-0.2, 0) is 11.4 Å². The number of rotatable bonds is 2. The highest BCUT2D eigenvalue weighted by Crippen LogP contribution is 2.23. The van der Waals surface area contributed by atoms with Crippen molar-refractivity contribution in [2.45, 2.75) is 6.61 Å². The SMILES string of the molecule is NOCc1cccc2c(Cl)[nH]nc12. The van der Waals surface area contributed by atoms with Crippen molar-refractivity contribution in [3.63, 3.8) is 0 Å². The van der Waals surface area contributed by atoms with Crippen LogP contribution in [0.1, 0.15) is 5.56 Å². The van der Waals surface area contributed by atoms with E-state index < -0.39 is 0 Å². The summed E-state index contributed by atoms with van der Waals surface area (Å²) in [6, 6.07) is 5.67. The number of hydrogen-bond donors (Lipinski definition) is 2. The molecule has 0 saturated heterocycles. The molecule has 0 atom stereocenters.